The van der Waals surface area contributed by atoms with Gasteiger partial charge in [-0.05, 0) is 24.3 Å². The first kappa shape index (κ1) is 20.1. The van der Waals surface area contributed by atoms with Gasteiger partial charge < -0.3 is 14.4 Å². The second-order valence-corrected chi connectivity index (χ2v) is 5.94. The number of pyridine rings is 1. The van der Waals surface area contributed by atoms with E-state index in [1.165, 1.54) is 24.4 Å². The zero-order chi connectivity index (χ0) is 21.0. The number of halogens is 3. The predicted octanol–water partition coefficient (Wildman–Crippen LogP) is 3.48. The van der Waals surface area contributed by atoms with Crippen LogP contribution in [-0.2, 0) is 17.5 Å². The number of carbonyl (C=O) groups is 2. The Morgan fingerprint density at radius 3 is 2.34 bits per heavy atom. The zero-order valence-electron chi connectivity index (χ0n) is 14.8. The largest absolute Gasteiger partial charge is 0.480 e. The first-order valence-corrected chi connectivity index (χ1v) is 8.30. The number of hydrogen-bond acceptors (Lipinski definition) is 5. The Kier molecular flexibility index (Phi) is 5.62. The molecule has 0 saturated carbocycles. The van der Waals surface area contributed by atoms with Gasteiger partial charge in [-0.1, -0.05) is 24.3 Å². The lowest BCUT2D eigenvalue weighted by atomic mass is 10.2. The van der Waals surface area contributed by atoms with Gasteiger partial charge in [0, 0.05) is 11.8 Å². The van der Waals surface area contributed by atoms with Crippen molar-refractivity contribution in [2.24, 2.45) is 0 Å². The topological polar surface area (TPSA) is 96.5 Å². The van der Waals surface area contributed by atoms with Gasteiger partial charge in [-0.3, -0.25) is 14.6 Å². The van der Waals surface area contributed by atoms with Crippen LogP contribution in [0.1, 0.15) is 21.9 Å². The second kappa shape index (κ2) is 8.13. The molecule has 0 unspecified atom stereocenters. The van der Waals surface area contributed by atoms with Gasteiger partial charge in [0.15, 0.2) is 5.69 Å². The molecule has 2 heterocycles. The fourth-order valence-corrected chi connectivity index (χ4v) is 2.56. The molecule has 10 heteroatoms. The van der Waals surface area contributed by atoms with E-state index in [9.17, 15) is 22.8 Å². The van der Waals surface area contributed by atoms with E-state index in [1.54, 1.807) is 30.3 Å². The lowest BCUT2D eigenvalue weighted by Gasteiger charge is -2.19. The Balaban J connectivity index is 2.02. The Labute approximate surface area is 162 Å². The van der Waals surface area contributed by atoms with E-state index in [4.69, 9.17) is 9.52 Å². The van der Waals surface area contributed by atoms with Crippen LogP contribution in [0.4, 0.5) is 13.2 Å². The summed E-state index contributed by atoms with van der Waals surface area (Å²) < 4.78 is 45.2. The first-order valence-electron chi connectivity index (χ1n) is 8.30. The van der Waals surface area contributed by atoms with Crippen LogP contribution in [0, 0.1) is 0 Å². The van der Waals surface area contributed by atoms with Crippen molar-refractivity contribution in [1.82, 2.24) is 14.9 Å². The average Bonchev–Trinajstić information content (AvgIpc) is 3.14. The van der Waals surface area contributed by atoms with Crippen LogP contribution in [0.25, 0.3) is 11.5 Å². The van der Waals surface area contributed by atoms with Gasteiger partial charge in [0.25, 0.3) is 5.91 Å². The Hall–Kier alpha value is -3.69. The van der Waals surface area contributed by atoms with Crippen molar-refractivity contribution in [2.45, 2.75) is 12.7 Å². The van der Waals surface area contributed by atoms with Crippen LogP contribution in [0.5, 0.6) is 0 Å². The smallest absolute Gasteiger partial charge is 0.452 e. The molecule has 0 atom stereocenters. The van der Waals surface area contributed by atoms with Gasteiger partial charge in [0.1, 0.15) is 6.54 Å². The predicted molar refractivity (Wildman–Crippen MR) is 93.6 cm³/mol. The molecular formula is C19H14F3N3O4. The van der Waals surface area contributed by atoms with Crippen LogP contribution < -0.4 is 0 Å². The number of aromatic nitrogens is 2. The van der Waals surface area contributed by atoms with Crippen molar-refractivity contribution in [1.29, 1.82) is 0 Å². The summed E-state index contributed by atoms with van der Waals surface area (Å²) in [5.41, 5.74) is -0.456. The highest BCUT2D eigenvalue weighted by Gasteiger charge is 2.43. The van der Waals surface area contributed by atoms with E-state index >= 15 is 0 Å². The van der Waals surface area contributed by atoms with Crippen molar-refractivity contribution < 1.29 is 32.3 Å². The van der Waals surface area contributed by atoms with Gasteiger partial charge in [-0.2, -0.15) is 13.2 Å². The maximum atomic E-state index is 13.5. The summed E-state index contributed by atoms with van der Waals surface area (Å²) in [6.45, 7) is -1.14. The number of nitrogens with zero attached hydrogens (tertiary/aromatic N) is 3. The number of amides is 1. The first-order chi connectivity index (χ1) is 13.8. The van der Waals surface area contributed by atoms with Crippen LogP contribution in [0.3, 0.4) is 0 Å². The quantitative estimate of drug-likeness (QED) is 0.675. The van der Waals surface area contributed by atoms with Crippen LogP contribution in [0.2, 0.25) is 0 Å². The molecule has 0 aliphatic rings. The van der Waals surface area contributed by atoms with Crippen LogP contribution >= 0.6 is 0 Å². The van der Waals surface area contributed by atoms with Crippen molar-refractivity contribution in [3.63, 3.8) is 0 Å². The SMILES string of the molecule is O=C(O)CN(Cc1ccccn1)C(=O)c1nc(-c2ccccc2)oc1C(F)(F)F. The summed E-state index contributed by atoms with van der Waals surface area (Å²) in [6.07, 6.45) is -3.57. The van der Waals surface area contributed by atoms with E-state index in [1.807, 2.05) is 0 Å². The third-order valence-electron chi connectivity index (χ3n) is 3.80. The molecule has 0 saturated heterocycles. The minimum Gasteiger partial charge on any atom is -0.480 e. The number of benzene rings is 1. The normalized spacial score (nSPS) is 11.3. The fourth-order valence-electron chi connectivity index (χ4n) is 2.56. The van der Waals surface area contributed by atoms with Crippen molar-refractivity contribution >= 4 is 11.9 Å². The maximum Gasteiger partial charge on any atom is 0.452 e. The molecule has 0 aliphatic heterocycles. The summed E-state index contributed by atoms with van der Waals surface area (Å²) in [4.78, 5) is 32.4. The highest BCUT2D eigenvalue weighted by atomic mass is 19.4. The second-order valence-electron chi connectivity index (χ2n) is 5.94. The van der Waals surface area contributed by atoms with Gasteiger partial charge in [-0.25, -0.2) is 4.98 Å². The molecule has 0 fully saturated rings. The van der Waals surface area contributed by atoms with Gasteiger partial charge in [0.05, 0.1) is 12.2 Å². The molecular weight excluding hydrogens is 391 g/mol. The van der Waals surface area contributed by atoms with Crippen LogP contribution in [-0.4, -0.2) is 38.4 Å². The molecule has 0 radical (unpaired) electrons. The summed E-state index contributed by atoms with van der Waals surface area (Å²) in [7, 11) is 0. The molecule has 0 bridgehead atoms. The fraction of sp³-hybridized carbons (Fsp3) is 0.158. The van der Waals surface area contributed by atoms with Crippen molar-refractivity contribution in [3.8, 4) is 11.5 Å². The highest BCUT2D eigenvalue weighted by molar-refractivity contribution is 5.95. The monoisotopic (exact) mass is 405 g/mol. The third-order valence-corrected chi connectivity index (χ3v) is 3.80. The molecule has 0 spiro atoms. The van der Waals surface area contributed by atoms with E-state index in [-0.39, 0.29) is 12.1 Å². The van der Waals surface area contributed by atoms with Crippen LogP contribution in [0.15, 0.2) is 59.1 Å². The number of oxazole rings is 1. The molecule has 29 heavy (non-hydrogen) atoms. The Bertz CT molecular complexity index is 1000. The average molecular weight is 405 g/mol. The molecule has 1 N–H and O–H groups in total. The van der Waals surface area contributed by atoms with E-state index < -0.39 is 41.9 Å². The molecule has 7 nitrogen and oxygen atoms in total. The molecule has 150 valence electrons. The lowest BCUT2D eigenvalue weighted by molar-refractivity contribution is -0.153. The summed E-state index contributed by atoms with van der Waals surface area (Å²) in [6, 6.07) is 12.5. The summed E-state index contributed by atoms with van der Waals surface area (Å²) >= 11 is 0. The van der Waals surface area contributed by atoms with E-state index in [2.05, 4.69) is 9.97 Å². The number of carbonyl (C=O) groups excluding carboxylic acids is 1. The number of rotatable bonds is 6. The molecule has 0 aliphatic carbocycles. The van der Waals surface area contributed by atoms with Gasteiger partial charge in [-0.15, -0.1) is 0 Å². The molecule has 3 aromatic rings. The molecule has 3 rings (SSSR count). The summed E-state index contributed by atoms with van der Waals surface area (Å²) in [5.74, 6) is -4.60. The standard InChI is InChI=1S/C19H14F3N3O4/c20-19(21,22)16-15(24-17(29-16)12-6-2-1-3-7-12)18(28)25(11-14(26)27)10-13-8-4-5-9-23-13/h1-9H,10-11H2,(H,26,27). The van der Waals surface area contributed by atoms with E-state index in [0.29, 0.717) is 10.6 Å². The minimum atomic E-state index is -5.00. The molecule has 2 aromatic heterocycles. The Morgan fingerprint density at radius 2 is 1.76 bits per heavy atom. The van der Waals surface area contributed by atoms with Crippen molar-refractivity contribution in [3.05, 3.63) is 71.9 Å². The van der Waals surface area contributed by atoms with Crippen molar-refractivity contribution in [2.75, 3.05) is 6.54 Å². The highest BCUT2D eigenvalue weighted by Crippen LogP contribution is 2.35. The molecule has 1 aromatic carbocycles. The van der Waals surface area contributed by atoms with Gasteiger partial charge in [0.2, 0.25) is 11.7 Å². The minimum absolute atomic E-state index is 0.242. The Morgan fingerprint density at radius 1 is 1.07 bits per heavy atom. The number of aliphatic carboxylic acids is 1. The molecule has 1 amide bonds. The van der Waals surface area contributed by atoms with Gasteiger partial charge >= 0.3 is 12.1 Å². The number of alkyl halides is 3. The zero-order valence-corrected chi connectivity index (χ0v) is 14.8. The lowest BCUT2D eigenvalue weighted by Crippen LogP contribution is -2.36. The number of hydrogen-bond donors (Lipinski definition) is 1. The summed E-state index contributed by atoms with van der Waals surface area (Å²) in [5, 5.41) is 9.09. The third kappa shape index (κ3) is 4.78. The maximum absolute atomic E-state index is 13.5. The van der Waals surface area contributed by atoms with E-state index in [0.717, 1.165) is 0 Å². The number of carboxylic acid groups (broad SMARTS) is 1. The number of carboxylic acids is 1.